The van der Waals surface area contributed by atoms with Crippen LogP contribution in [0.5, 0.6) is 5.75 Å². The van der Waals surface area contributed by atoms with Crippen molar-refractivity contribution in [3.63, 3.8) is 0 Å². The van der Waals surface area contributed by atoms with Crippen LogP contribution < -0.4 is 15.4 Å². The van der Waals surface area contributed by atoms with Crippen molar-refractivity contribution in [3.8, 4) is 5.75 Å². The Kier molecular flexibility index (Phi) is 7.92. The molecule has 196 valence electrons. The van der Waals surface area contributed by atoms with Crippen LogP contribution in [0.2, 0.25) is 5.02 Å². The van der Waals surface area contributed by atoms with E-state index in [4.69, 9.17) is 16.3 Å². The number of carbonyl (C=O) groups excluding carboxylic acids is 1. The van der Waals surface area contributed by atoms with Crippen LogP contribution in [-0.2, 0) is 18.1 Å². The largest absolute Gasteiger partial charge is 0.496 e. The summed E-state index contributed by atoms with van der Waals surface area (Å²) in [6.45, 7) is 0. The quantitative estimate of drug-likeness (QED) is 0.334. The first-order valence-corrected chi connectivity index (χ1v) is 12.2. The van der Waals surface area contributed by atoms with Gasteiger partial charge < -0.3 is 15.4 Å². The molecule has 0 aliphatic heterocycles. The number of benzene rings is 2. The maximum absolute atomic E-state index is 14.7. The van der Waals surface area contributed by atoms with Crippen molar-refractivity contribution in [1.82, 2.24) is 15.6 Å². The Morgan fingerprint density at radius 3 is 2.43 bits per heavy atom. The smallest absolute Gasteiger partial charge is 0.416 e. The molecule has 1 atom stereocenters. The summed E-state index contributed by atoms with van der Waals surface area (Å²) in [4.78, 5) is 17.7. The van der Waals surface area contributed by atoms with Crippen molar-refractivity contribution < 1.29 is 27.1 Å². The second kappa shape index (κ2) is 11.0. The SMILES string of the molecule is COc1ccccc1C[C@](NC(=O)NC1CCCC1)(c1cc(F)cc(C(F)(F)F)c1)c1ccc(Cl)cn1. The fourth-order valence-electron chi connectivity index (χ4n) is 4.77. The first-order valence-electron chi connectivity index (χ1n) is 11.8. The molecule has 0 saturated heterocycles. The Hall–Kier alpha value is -3.33. The van der Waals surface area contributed by atoms with Crippen molar-refractivity contribution in [1.29, 1.82) is 0 Å². The standard InChI is InChI=1S/C27H26ClF4N3O2/c1-37-23-9-5-2-6-17(23)15-26(24-11-10-20(28)16-33-24,35-25(36)34-22-7-3-4-8-22)18-12-19(27(30,31)32)14-21(29)13-18/h2,5-6,9-14,16,22H,3-4,7-8,15H2,1H3,(H2,34,35,36)/t26-/m0/s1. The van der Waals surface area contributed by atoms with Gasteiger partial charge in [0.2, 0.25) is 0 Å². The lowest BCUT2D eigenvalue weighted by molar-refractivity contribution is -0.137. The van der Waals surface area contributed by atoms with Crippen LogP contribution in [-0.4, -0.2) is 24.2 Å². The van der Waals surface area contributed by atoms with E-state index in [1.807, 2.05) is 0 Å². The third-order valence-corrected chi connectivity index (χ3v) is 6.77. The Labute approximate surface area is 217 Å². The minimum atomic E-state index is -4.81. The van der Waals surface area contributed by atoms with Crippen molar-refractivity contribution in [2.24, 2.45) is 0 Å². The first-order chi connectivity index (χ1) is 17.6. The van der Waals surface area contributed by atoms with Crippen LogP contribution in [0.3, 0.4) is 0 Å². The number of aromatic nitrogens is 1. The molecule has 1 fully saturated rings. The molecular formula is C27H26ClF4N3O2. The second-order valence-electron chi connectivity index (χ2n) is 9.06. The van der Waals surface area contributed by atoms with Gasteiger partial charge in [-0.1, -0.05) is 42.6 Å². The number of carbonyl (C=O) groups is 1. The van der Waals surface area contributed by atoms with Gasteiger partial charge in [-0.3, -0.25) is 4.98 Å². The molecule has 10 heteroatoms. The highest BCUT2D eigenvalue weighted by Crippen LogP contribution is 2.39. The molecule has 2 aromatic carbocycles. The average Bonchev–Trinajstić information content (AvgIpc) is 3.36. The number of amides is 2. The zero-order chi connectivity index (χ0) is 26.6. The van der Waals surface area contributed by atoms with E-state index in [-0.39, 0.29) is 23.7 Å². The van der Waals surface area contributed by atoms with Crippen LogP contribution in [0, 0.1) is 5.82 Å². The summed E-state index contributed by atoms with van der Waals surface area (Å²) < 4.78 is 61.4. The van der Waals surface area contributed by atoms with Crippen LogP contribution in [0.1, 0.15) is 48.1 Å². The van der Waals surface area contributed by atoms with E-state index in [1.54, 1.807) is 24.3 Å². The summed E-state index contributed by atoms with van der Waals surface area (Å²) in [6.07, 6.45) is -0.0379. The lowest BCUT2D eigenvalue weighted by Gasteiger charge is -2.36. The molecule has 1 aliphatic rings. The van der Waals surface area contributed by atoms with Gasteiger partial charge in [-0.25, -0.2) is 9.18 Å². The van der Waals surface area contributed by atoms with Crippen molar-refractivity contribution >= 4 is 17.6 Å². The molecule has 1 aromatic heterocycles. The van der Waals surface area contributed by atoms with E-state index < -0.39 is 29.1 Å². The number of hydrogen-bond donors (Lipinski definition) is 2. The van der Waals surface area contributed by atoms with Gasteiger partial charge >= 0.3 is 12.2 Å². The zero-order valence-corrected chi connectivity index (χ0v) is 20.8. The summed E-state index contributed by atoms with van der Waals surface area (Å²) in [5, 5.41) is 6.07. The van der Waals surface area contributed by atoms with Gasteiger partial charge in [-0.05, 0) is 60.4 Å². The number of methoxy groups -OCH3 is 1. The number of rotatable bonds is 7. The zero-order valence-electron chi connectivity index (χ0n) is 20.0. The Morgan fingerprint density at radius 2 is 1.78 bits per heavy atom. The summed E-state index contributed by atoms with van der Waals surface area (Å²) in [7, 11) is 1.46. The van der Waals surface area contributed by atoms with Crippen molar-refractivity contribution in [2.45, 2.75) is 49.9 Å². The van der Waals surface area contributed by atoms with E-state index in [2.05, 4.69) is 15.6 Å². The Morgan fingerprint density at radius 1 is 1.08 bits per heavy atom. The molecule has 4 rings (SSSR count). The molecule has 0 bridgehead atoms. The third kappa shape index (κ3) is 6.15. The van der Waals surface area contributed by atoms with Crippen LogP contribution in [0.15, 0.2) is 60.8 Å². The molecule has 1 aliphatic carbocycles. The molecule has 0 radical (unpaired) electrons. The number of pyridine rings is 1. The number of ether oxygens (including phenoxy) is 1. The minimum Gasteiger partial charge on any atom is -0.496 e. The number of alkyl halides is 3. The minimum absolute atomic E-state index is 0.0691. The summed E-state index contributed by atoms with van der Waals surface area (Å²) in [5.74, 6) is -0.646. The van der Waals surface area contributed by atoms with E-state index in [1.165, 1.54) is 25.4 Å². The van der Waals surface area contributed by atoms with E-state index >= 15 is 0 Å². The maximum atomic E-state index is 14.7. The topological polar surface area (TPSA) is 63.2 Å². The molecule has 3 aromatic rings. The molecule has 0 unspecified atom stereocenters. The number of hydrogen-bond acceptors (Lipinski definition) is 3. The monoisotopic (exact) mass is 535 g/mol. The average molecular weight is 536 g/mol. The summed E-state index contributed by atoms with van der Waals surface area (Å²) in [5.41, 5.74) is -2.26. The fourth-order valence-corrected chi connectivity index (χ4v) is 4.88. The third-order valence-electron chi connectivity index (χ3n) is 6.55. The second-order valence-corrected chi connectivity index (χ2v) is 9.50. The number of para-hydroxylation sites is 1. The van der Waals surface area contributed by atoms with Crippen LogP contribution in [0.25, 0.3) is 0 Å². The van der Waals surface area contributed by atoms with Gasteiger partial charge in [-0.15, -0.1) is 0 Å². The van der Waals surface area contributed by atoms with Gasteiger partial charge in [0, 0.05) is 18.7 Å². The molecule has 1 heterocycles. The van der Waals surface area contributed by atoms with E-state index in [0.29, 0.717) is 22.4 Å². The first kappa shape index (κ1) is 26.7. The summed E-state index contributed by atoms with van der Waals surface area (Å²) >= 11 is 6.05. The van der Waals surface area contributed by atoms with Crippen LogP contribution in [0.4, 0.5) is 22.4 Å². The maximum Gasteiger partial charge on any atom is 0.416 e. The number of nitrogens with one attached hydrogen (secondary N) is 2. The molecule has 37 heavy (non-hydrogen) atoms. The fraction of sp³-hybridized carbons (Fsp3) is 0.333. The normalized spacial score (nSPS) is 15.7. The van der Waals surface area contributed by atoms with Crippen molar-refractivity contribution in [3.05, 3.63) is 94.0 Å². The highest BCUT2D eigenvalue weighted by molar-refractivity contribution is 6.30. The molecule has 5 nitrogen and oxygen atoms in total. The van der Waals surface area contributed by atoms with Gasteiger partial charge in [0.1, 0.15) is 17.1 Å². The molecule has 1 saturated carbocycles. The van der Waals surface area contributed by atoms with Gasteiger partial charge in [0.05, 0.1) is 23.4 Å². The molecule has 0 spiro atoms. The van der Waals surface area contributed by atoms with Gasteiger partial charge in [0.25, 0.3) is 0 Å². The summed E-state index contributed by atoms with van der Waals surface area (Å²) in [6, 6.07) is 11.5. The molecule has 2 amide bonds. The van der Waals surface area contributed by atoms with E-state index in [0.717, 1.165) is 37.8 Å². The predicted octanol–water partition coefficient (Wildman–Crippen LogP) is 6.63. The highest BCUT2D eigenvalue weighted by Gasteiger charge is 2.41. The van der Waals surface area contributed by atoms with Crippen LogP contribution >= 0.6 is 11.6 Å². The van der Waals surface area contributed by atoms with Crippen molar-refractivity contribution in [2.75, 3.05) is 7.11 Å². The molecular weight excluding hydrogens is 510 g/mol. The highest BCUT2D eigenvalue weighted by atomic mass is 35.5. The molecule has 2 N–H and O–H groups in total. The number of halogens is 5. The predicted molar refractivity (Wildman–Crippen MR) is 132 cm³/mol. The van der Waals surface area contributed by atoms with Gasteiger partial charge in [0.15, 0.2) is 0 Å². The lowest BCUT2D eigenvalue weighted by atomic mass is 9.79. The lowest BCUT2D eigenvalue weighted by Crippen LogP contribution is -2.54. The number of urea groups is 1. The van der Waals surface area contributed by atoms with Gasteiger partial charge in [-0.2, -0.15) is 13.2 Å². The Bertz CT molecular complexity index is 1250. The Balaban J connectivity index is 1.93. The van der Waals surface area contributed by atoms with E-state index in [9.17, 15) is 22.4 Å². The number of nitrogens with zero attached hydrogens (tertiary/aromatic N) is 1.